The molecule has 0 spiro atoms. The summed E-state index contributed by atoms with van der Waals surface area (Å²) in [6.07, 6.45) is -3.28. The molecule has 1 aromatic carbocycles. The van der Waals surface area contributed by atoms with E-state index in [-0.39, 0.29) is 11.7 Å². The maximum Gasteiger partial charge on any atom is 0.418 e. The molecule has 0 bridgehead atoms. The summed E-state index contributed by atoms with van der Waals surface area (Å²) in [7, 11) is 0. The summed E-state index contributed by atoms with van der Waals surface area (Å²) < 4.78 is 38.1. The summed E-state index contributed by atoms with van der Waals surface area (Å²) >= 11 is 0. The van der Waals surface area contributed by atoms with Crippen LogP contribution in [0, 0.1) is 0 Å². The van der Waals surface area contributed by atoms with Gasteiger partial charge in [0.05, 0.1) is 11.3 Å². The molecule has 0 saturated heterocycles. The standard InChI is InChI=1S/C13H13F3N2O2/c14-13(15,16)9-3-1-2-4-10(9)18-12(20)7-11(19)17-8-5-6-8/h1-4,8H,5-7H2,(H,17,19)(H,18,20). The van der Waals surface area contributed by atoms with E-state index >= 15 is 0 Å². The molecule has 1 aliphatic rings. The molecule has 20 heavy (non-hydrogen) atoms. The van der Waals surface area contributed by atoms with Crippen molar-refractivity contribution >= 4 is 17.5 Å². The normalized spacial score (nSPS) is 14.8. The predicted octanol–water partition coefficient (Wildman–Crippen LogP) is 2.31. The second-order valence-electron chi connectivity index (χ2n) is 4.61. The monoisotopic (exact) mass is 286 g/mol. The molecule has 1 fully saturated rings. The number of hydrogen-bond acceptors (Lipinski definition) is 2. The topological polar surface area (TPSA) is 58.2 Å². The number of nitrogens with one attached hydrogen (secondary N) is 2. The fourth-order valence-electron chi connectivity index (χ4n) is 1.69. The Hall–Kier alpha value is -2.05. The minimum absolute atomic E-state index is 0.109. The van der Waals surface area contributed by atoms with Gasteiger partial charge in [0.1, 0.15) is 6.42 Å². The van der Waals surface area contributed by atoms with Crippen molar-refractivity contribution < 1.29 is 22.8 Å². The van der Waals surface area contributed by atoms with Gasteiger partial charge in [0.2, 0.25) is 11.8 Å². The van der Waals surface area contributed by atoms with Gasteiger partial charge in [-0.05, 0) is 25.0 Å². The number of anilines is 1. The fourth-order valence-corrected chi connectivity index (χ4v) is 1.69. The van der Waals surface area contributed by atoms with Gasteiger partial charge in [-0.15, -0.1) is 0 Å². The highest BCUT2D eigenvalue weighted by Gasteiger charge is 2.33. The molecule has 1 aliphatic carbocycles. The molecule has 0 heterocycles. The molecule has 1 saturated carbocycles. The predicted molar refractivity (Wildman–Crippen MR) is 65.9 cm³/mol. The minimum atomic E-state index is -4.56. The highest BCUT2D eigenvalue weighted by atomic mass is 19.4. The molecular formula is C13H13F3N2O2. The molecule has 0 unspecified atom stereocenters. The van der Waals surface area contributed by atoms with Gasteiger partial charge in [0.15, 0.2) is 0 Å². The number of carbonyl (C=O) groups is 2. The lowest BCUT2D eigenvalue weighted by Gasteiger charge is -2.13. The Kier molecular flexibility index (Phi) is 3.96. The number of benzene rings is 1. The van der Waals surface area contributed by atoms with E-state index in [4.69, 9.17) is 0 Å². The smallest absolute Gasteiger partial charge is 0.353 e. The van der Waals surface area contributed by atoms with Crippen molar-refractivity contribution in [3.05, 3.63) is 29.8 Å². The van der Waals surface area contributed by atoms with Gasteiger partial charge in [0.25, 0.3) is 0 Å². The van der Waals surface area contributed by atoms with E-state index < -0.39 is 30.0 Å². The highest BCUT2D eigenvalue weighted by molar-refractivity contribution is 6.04. The number of halogens is 3. The first-order valence-electron chi connectivity index (χ1n) is 6.11. The highest BCUT2D eigenvalue weighted by Crippen LogP contribution is 2.34. The maximum atomic E-state index is 12.7. The lowest BCUT2D eigenvalue weighted by Crippen LogP contribution is -2.30. The third-order valence-electron chi connectivity index (χ3n) is 2.77. The van der Waals surface area contributed by atoms with Crippen LogP contribution < -0.4 is 10.6 Å². The lowest BCUT2D eigenvalue weighted by molar-refractivity contribution is -0.137. The van der Waals surface area contributed by atoms with E-state index in [9.17, 15) is 22.8 Å². The van der Waals surface area contributed by atoms with E-state index in [1.807, 2.05) is 0 Å². The van der Waals surface area contributed by atoms with Gasteiger partial charge in [-0.3, -0.25) is 9.59 Å². The molecule has 0 radical (unpaired) electrons. The molecule has 2 rings (SSSR count). The number of rotatable bonds is 4. The molecular weight excluding hydrogens is 273 g/mol. The van der Waals surface area contributed by atoms with E-state index in [1.165, 1.54) is 12.1 Å². The average Bonchev–Trinajstić information content (AvgIpc) is 3.11. The van der Waals surface area contributed by atoms with Crippen molar-refractivity contribution in [2.24, 2.45) is 0 Å². The minimum Gasteiger partial charge on any atom is -0.353 e. The number of para-hydroxylation sites is 1. The molecule has 7 heteroatoms. The van der Waals surface area contributed by atoms with Gasteiger partial charge in [-0.25, -0.2) is 0 Å². The molecule has 4 nitrogen and oxygen atoms in total. The fraction of sp³-hybridized carbons (Fsp3) is 0.385. The number of hydrogen-bond donors (Lipinski definition) is 2. The van der Waals surface area contributed by atoms with E-state index in [0.29, 0.717) is 0 Å². The van der Waals surface area contributed by atoms with Crippen LogP contribution in [0.3, 0.4) is 0 Å². The van der Waals surface area contributed by atoms with Crippen molar-refractivity contribution in [2.45, 2.75) is 31.5 Å². The Morgan fingerprint density at radius 1 is 1.15 bits per heavy atom. The van der Waals surface area contributed by atoms with Crippen LogP contribution in [-0.4, -0.2) is 17.9 Å². The first kappa shape index (κ1) is 14.4. The summed E-state index contributed by atoms with van der Waals surface area (Å²) in [5, 5.41) is 4.72. The van der Waals surface area contributed by atoms with Gasteiger partial charge < -0.3 is 10.6 Å². The van der Waals surface area contributed by atoms with Crippen molar-refractivity contribution in [1.29, 1.82) is 0 Å². The molecule has 0 atom stereocenters. The first-order chi connectivity index (χ1) is 9.36. The van der Waals surface area contributed by atoms with Gasteiger partial charge in [-0.2, -0.15) is 13.2 Å². The zero-order valence-electron chi connectivity index (χ0n) is 10.5. The lowest BCUT2D eigenvalue weighted by atomic mass is 10.1. The van der Waals surface area contributed by atoms with Crippen molar-refractivity contribution in [3.8, 4) is 0 Å². The second-order valence-corrected chi connectivity index (χ2v) is 4.61. The molecule has 2 N–H and O–H groups in total. The summed E-state index contributed by atoms with van der Waals surface area (Å²) in [6.45, 7) is 0. The summed E-state index contributed by atoms with van der Waals surface area (Å²) in [5.74, 6) is -1.24. The molecule has 0 aliphatic heterocycles. The van der Waals surface area contributed by atoms with Crippen molar-refractivity contribution in [1.82, 2.24) is 5.32 Å². The zero-order chi connectivity index (χ0) is 14.8. The molecule has 108 valence electrons. The maximum absolute atomic E-state index is 12.7. The summed E-state index contributed by atoms with van der Waals surface area (Å²) in [6, 6.07) is 4.75. The van der Waals surface area contributed by atoms with Crippen LogP contribution in [0.1, 0.15) is 24.8 Å². The molecule has 1 aromatic rings. The Balaban J connectivity index is 1.98. The first-order valence-corrected chi connectivity index (χ1v) is 6.11. The zero-order valence-corrected chi connectivity index (χ0v) is 10.5. The summed E-state index contributed by atoms with van der Waals surface area (Å²) in [4.78, 5) is 22.9. The van der Waals surface area contributed by atoms with E-state index in [2.05, 4.69) is 10.6 Å². The largest absolute Gasteiger partial charge is 0.418 e. The Labute approximate surface area is 113 Å². The average molecular weight is 286 g/mol. The van der Waals surface area contributed by atoms with Crippen molar-refractivity contribution in [2.75, 3.05) is 5.32 Å². The third-order valence-corrected chi connectivity index (χ3v) is 2.77. The van der Waals surface area contributed by atoms with Gasteiger partial charge in [0, 0.05) is 6.04 Å². The Morgan fingerprint density at radius 3 is 2.40 bits per heavy atom. The summed E-state index contributed by atoms with van der Waals surface area (Å²) in [5.41, 5.74) is -1.28. The van der Waals surface area contributed by atoms with Gasteiger partial charge in [-0.1, -0.05) is 12.1 Å². The second kappa shape index (κ2) is 5.52. The molecule has 0 aromatic heterocycles. The number of amides is 2. The molecule has 2 amide bonds. The quantitative estimate of drug-likeness (QED) is 0.834. The van der Waals surface area contributed by atoms with E-state index in [0.717, 1.165) is 25.0 Å². The van der Waals surface area contributed by atoms with Crippen LogP contribution in [0.5, 0.6) is 0 Å². The van der Waals surface area contributed by atoms with Crippen molar-refractivity contribution in [3.63, 3.8) is 0 Å². The van der Waals surface area contributed by atoms with Crippen LogP contribution in [-0.2, 0) is 15.8 Å². The number of carbonyl (C=O) groups excluding carboxylic acids is 2. The third kappa shape index (κ3) is 3.97. The van der Waals surface area contributed by atoms with Crippen LogP contribution >= 0.6 is 0 Å². The Morgan fingerprint density at radius 2 is 1.80 bits per heavy atom. The van der Waals surface area contributed by atoms with Crippen LogP contribution in [0.4, 0.5) is 18.9 Å². The van der Waals surface area contributed by atoms with E-state index in [1.54, 1.807) is 0 Å². The SMILES string of the molecule is O=C(CC(=O)NC1CC1)Nc1ccccc1C(F)(F)F. The van der Waals surface area contributed by atoms with Crippen LogP contribution in [0.15, 0.2) is 24.3 Å². The number of alkyl halides is 3. The van der Waals surface area contributed by atoms with Crippen LogP contribution in [0.25, 0.3) is 0 Å². The van der Waals surface area contributed by atoms with Crippen LogP contribution in [0.2, 0.25) is 0 Å². The Bertz CT molecular complexity index is 525. The van der Waals surface area contributed by atoms with Gasteiger partial charge >= 0.3 is 6.18 Å².